The van der Waals surface area contributed by atoms with Crippen LogP contribution < -0.4 is 5.73 Å². The summed E-state index contributed by atoms with van der Waals surface area (Å²) < 4.78 is 33.1. The van der Waals surface area contributed by atoms with Crippen LogP contribution in [0, 0.1) is 0 Å². The summed E-state index contributed by atoms with van der Waals surface area (Å²) >= 11 is 0. The van der Waals surface area contributed by atoms with E-state index in [1.54, 1.807) is 0 Å². The molecule has 0 fully saturated rings. The van der Waals surface area contributed by atoms with Crippen molar-refractivity contribution in [2.75, 3.05) is 26.4 Å². The summed E-state index contributed by atoms with van der Waals surface area (Å²) in [5, 5.41) is 0. The van der Waals surface area contributed by atoms with Crippen molar-refractivity contribution in [3.63, 3.8) is 0 Å². The largest absolute Gasteiger partial charge is 0.472 e. The maximum Gasteiger partial charge on any atom is 0.472 e. The van der Waals surface area contributed by atoms with E-state index in [9.17, 15) is 19.0 Å². The van der Waals surface area contributed by atoms with Crippen LogP contribution in [-0.2, 0) is 32.7 Å². The van der Waals surface area contributed by atoms with E-state index in [1.165, 1.54) is 212 Å². The van der Waals surface area contributed by atoms with Crippen molar-refractivity contribution in [2.24, 2.45) is 5.73 Å². The highest BCUT2D eigenvalue weighted by molar-refractivity contribution is 7.47. The molecule has 0 saturated carbocycles. The maximum atomic E-state index is 12.7. The summed E-state index contributed by atoms with van der Waals surface area (Å²) in [7, 11) is -4.41. The lowest BCUT2D eigenvalue weighted by atomic mass is 10.0. The van der Waals surface area contributed by atoms with Crippen LogP contribution >= 0.6 is 7.82 Å². The van der Waals surface area contributed by atoms with Gasteiger partial charge in [0.25, 0.3) is 0 Å². The fourth-order valence-electron chi connectivity index (χ4n) is 9.97. The van der Waals surface area contributed by atoms with Crippen molar-refractivity contribution in [3.8, 4) is 0 Å². The van der Waals surface area contributed by atoms with Gasteiger partial charge in [-0.1, -0.05) is 330 Å². The molecule has 0 aromatic heterocycles. The Kier molecular flexibility index (Phi) is 65.0. The van der Waals surface area contributed by atoms with Gasteiger partial charge in [0.05, 0.1) is 13.2 Å². The minimum absolute atomic E-state index is 0.0446. The minimum Gasteiger partial charge on any atom is -0.462 e. The Labute approximate surface area is 506 Å². The smallest absolute Gasteiger partial charge is 0.462 e. The Morgan fingerprint density at radius 1 is 0.378 bits per heavy atom. The lowest BCUT2D eigenvalue weighted by molar-refractivity contribution is -0.161. The second kappa shape index (κ2) is 67.3. The Hall–Kier alpha value is -2.81. The number of carbonyl (C=O) groups is 2. The predicted octanol–water partition coefficient (Wildman–Crippen LogP) is 22.6. The van der Waals surface area contributed by atoms with Crippen molar-refractivity contribution in [1.29, 1.82) is 0 Å². The standard InChI is InChI=1S/C72H130NO8P/c1-3-5-7-9-11-13-15-17-19-21-23-25-27-29-30-31-32-33-34-35-36-37-38-39-41-42-44-46-48-50-52-54-56-58-60-62-64-71(74)78-68-70(69-80-82(76,77)79-67-66-73)81-72(75)65-63-61-59-57-55-53-51-49-47-45-43-40-28-26-24-22-20-18-16-14-12-10-8-6-4-2/h6,8,12,14,18,20,24,26,40,43,47,49,53,55,70H,3-5,7,9-11,13,15-17,19,21-23,25,27-39,41-42,44-46,48,50-52,54,56-69,73H2,1-2H3,(H,76,77)/b8-6-,14-12-,20-18-,26-24-,43-40-,49-47-,55-53-. The lowest BCUT2D eigenvalue weighted by Gasteiger charge is -2.19. The summed E-state index contributed by atoms with van der Waals surface area (Å²) in [6.45, 7) is 3.63. The number of hydrogen-bond acceptors (Lipinski definition) is 8. The fraction of sp³-hybridized carbons (Fsp3) is 0.778. The average Bonchev–Trinajstić information content (AvgIpc) is 3.47. The highest BCUT2D eigenvalue weighted by atomic mass is 31.2. The molecule has 2 unspecified atom stereocenters. The first-order valence-corrected chi connectivity index (χ1v) is 36.1. The summed E-state index contributed by atoms with van der Waals surface area (Å²) in [5.74, 6) is -0.858. The minimum atomic E-state index is -4.41. The number of nitrogens with two attached hydrogens (primary N) is 1. The quantitative estimate of drug-likeness (QED) is 0.0264. The molecule has 0 aliphatic rings. The van der Waals surface area contributed by atoms with Gasteiger partial charge in [0.15, 0.2) is 6.10 Å². The Balaban J connectivity index is 3.87. The lowest BCUT2D eigenvalue weighted by Crippen LogP contribution is -2.29. The molecule has 0 saturated heterocycles. The molecule has 2 atom stereocenters. The Morgan fingerprint density at radius 3 is 1.00 bits per heavy atom. The third-order valence-corrected chi connectivity index (χ3v) is 16.0. The number of hydrogen-bond donors (Lipinski definition) is 2. The first-order valence-electron chi connectivity index (χ1n) is 34.6. The summed E-state index contributed by atoms with van der Waals surface area (Å²) in [5.41, 5.74) is 5.39. The zero-order chi connectivity index (χ0) is 59.4. The predicted molar refractivity (Wildman–Crippen MR) is 353 cm³/mol. The van der Waals surface area contributed by atoms with Gasteiger partial charge >= 0.3 is 19.8 Å². The number of ether oxygens (including phenoxy) is 2. The maximum absolute atomic E-state index is 12.7. The van der Waals surface area contributed by atoms with E-state index in [1.807, 2.05) is 0 Å². The van der Waals surface area contributed by atoms with Crippen molar-refractivity contribution >= 4 is 19.8 Å². The average molecular weight is 1170 g/mol. The summed E-state index contributed by atoms with van der Waals surface area (Å²) in [6, 6.07) is 0. The number of carbonyl (C=O) groups excluding carboxylic acids is 2. The number of allylic oxidation sites excluding steroid dienone is 14. The monoisotopic (exact) mass is 1170 g/mol. The molecule has 0 bridgehead atoms. The van der Waals surface area contributed by atoms with Gasteiger partial charge in [0, 0.05) is 19.4 Å². The van der Waals surface area contributed by atoms with Gasteiger partial charge in [-0.15, -0.1) is 0 Å². The Morgan fingerprint density at radius 2 is 0.671 bits per heavy atom. The zero-order valence-electron chi connectivity index (χ0n) is 53.5. The van der Waals surface area contributed by atoms with Gasteiger partial charge in [-0.05, 0) is 70.6 Å². The topological polar surface area (TPSA) is 134 Å². The molecule has 82 heavy (non-hydrogen) atoms. The third kappa shape index (κ3) is 66.3. The number of phosphoric acid groups is 1. The van der Waals surface area contributed by atoms with E-state index < -0.39 is 26.5 Å². The highest BCUT2D eigenvalue weighted by Gasteiger charge is 2.26. The zero-order valence-corrected chi connectivity index (χ0v) is 54.4. The van der Waals surface area contributed by atoms with Crippen LogP contribution in [0.25, 0.3) is 0 Å². The van der Waals surface area contributed by atoms with E-state index in [4.69, 9.17) is 24.3 Å². The molecule has 0 aliphatic carbocycles. The van der Waals surface area contributed by atoms with Crippen molar-refractivity contribution in [1.82, 2.24) is 0 Å². The first kappa shape index (κ1) is 79.2. The van der Waals surface area contributed by atoms with E-state index in [-0.39, 0.29) is 38.6 Å². The van der Waals surface area contributed by atoms with Crippen molar-refractivity contribution < 1.29 is 37.6 Å². The van der Waals surface area contributed by atoms with Crippen LogP contribution in [0.15, 0.2) is 85.1 Å². The molecule has 0 aromatic rings. The molecular formula is C72H130NO8P. The van der Waals surface area contributed by atoms with Crippen molar-refractivity contribution in [2.45, 2.75) is 335 Å². The third-order valence-electron chi connectivity index (χ3n) is 15.0. The van der Waals surface area contributed by atoms with Gasteiger partial charge in [0.2, 0.25) is 0 Å². The molecule has 0 heterocycles. The SMILES string of the molecule is CC/C=C\C/C=C\C/C=C\C/C=C\C/C=C\C/C=C\C/C=C\CCCCCC(=O)OC(COC(=O)CCCCCCCCCCCCCCCCCCCCCCCCCCCCCCCCCCCCCC)COP(=O)(O)OCCN. The molecular weight excluding hydrogens is 1040 g/mol. The van der Waals surface area contributed by atoms with Gasteiger partial charge in [0.1, 0.15) is 6.61 Å². The molecule has 3 N–H and O–H groups in total. The number of phosphoric ester groups is 1. The first-order chi connectivity index (χ1) is 40.3. The number of esters is 2. The van der Waals surface area contributed by atoms with Gasteiger partial charge in [-0.2, -0.15) is 0 Å². The van der Waals surface area contributed by atoms with Crippen LogP contribution in [0.2, 0.25) is 0 Å². The van der Waals surface area contributed by atoms with E-state index >= 15 is 0 Å². The van der Waals surface area contributed by atoms with E-state index in [2.05, 4.69) is 98.9 Å². The normalized spacial score (nSPS) is 13.5. The summed E-state index contributed by atoms with van der Waals surface area (Å²) in [4.78, 5) is 35.3. The number of rotatable bonds is 65. The summed E-state index contributed by atoms with van der Waals surface area (Å²) in [6.07, 6.45) is 89.8. The molecule has 0 aromatic carbocycles. The van der Waals surface area contributed by atoms with E-state index in [0.29, 0.717) is 6.42 Å². The van der Waals surface area contributed by atoms with Crippen LogP contribution in [-0.4, -0.2) is 49.3 Å². The van der Waals surface area contributed by atoms with Gasteiger partial charge in [-0.25, -0.2) is 4.57 Å². The fourth-order valence-corrected chi connectivity index (χ4v) is 10.7. The van der Waals surface area contributed by atoms with E-state index in [0.717, 1.165) is 83.5 Å². The van der Waals surface area contributed by atoms with Gasteiger partial charge in [-0.3, -0.25) is 18.6 Å². The van der Waals surface area contributed by atoms with Gasteiger partial charge < -0.3 is 20.1 Å². The van der Waals surface area contributed by atoms with Crippen LogP contribution in [0.3, 0.4) is 0 Å². The van der Waals surface area contributed by atoms with Crippen LogP contribution in [0.5, 0.6) is 0 Å². The molecule has 9 nitrogen and oxygen atoms in total. The van der Waals surface area contributed by atoms with Crippen LogP contribution in [0.4, 0.5) is 0 Å². The Bertz CT molecular complexity index is 1620. The molecule has 0 radical (unpaired) electrons. The highest BCUT2D eigenvalue weighted by Crippen LogP contribution is 2.43. The molecule has 0 amide bonds. The second-order valence-electron chi connectivity index (χ2n) is 23.0. The molecule has 0 rings (SSSR count). The van der Waals surface area contributed by atoms with Crippen molar-refractivity contribution in [3.05, 3.63) is 85.1 Å². The second-order valence-corrected chi connectivity index (χ2v) is 24.5. The molecule has 0 spiro atoms. The molecule has 476 valence electrons. The van der Waals surface area contributed by atoms with Crippen LogP contribution in [0.1, 0.15) is 328 Å². The molecule has 0 aliphatic heterocycles. The number of unbranched alkanes of at least 4 members (excludes halogenated alkanes) is 38. The molecule has 10 heteroatoms.